The van der Waals surface area contributed by atoms with E-state index in [1.807, 2.05) is 0 Å². The number of hydrogen-bond donors (Lipinski definition) is 2. The summed E-state index contributed by atoms with van der Waals surface area (Å²) in [4.78, 5) is 25.8. The summed E-state index contributed by atoms with van der Waals surface area (Å²) in [6.45, 7) is 0.0904. The first-order chi connectivity index (χ1) is 15.1. The van der Waals surface area contributed by atoms with E-state index in [2.05, 4.69) is 10.6 Å². The molecule has 0 saturated heterocycles. The van der Waals surface area contributed by atoms with Crippen molar-refractivity contribution < 1.29 is 27.9 Å². The third-order valence-corrected chi connectivity index (χ3v) is 4.80. The first-order valence-electron chi connectivity index (χ1n) is 9.38. The molecule has 1 aliphatic heterocycles. The number of fused-ring (bicyclic) bond motifs is 2. The minimum atomic E-state index is -0.692. The van der Waals surface area contributed by atoms with Gasteiger partial charge in [-0.2, -0.15) is 0 Å². The molecule has 5 rings (SSSR count). The van der Waals surface area contributed by atoms with Gasteiger partial charge in [-0.25, -0.2) is 4.39 Å². The van der Waals surface area contributed by atoms with Gasteiger partial charge in [0.15, 0.2) is 11.5 Å². The lowest BCUT2D eigenvalue weighted by molar-refractivity contribution is 0.0999. The topological polar surface area (TPSA) is 89.8 Å². The van der Waals surface area contributed by atoms with Gasteiger partial charge in [-0.15, -0.1) is 0 Å². The second-order valence-corrected chi connectivity index (χ2v) is 6.76. The molecule has 4 aromatic rings. The van der Waals surface area contributed by atoms with Gasteiger partial charge in [0, 0.05) is 10.9 Å². The van der Waals surface area contributed by atoms with Gasteiger partial charge in [0.1, 0.15) is 17.1 Å². The predicted octanol–water partition coefficient (Wildman–Crippen LogP) is 4.81. The van der Waals surface area contributed by atoms with Crippen LogP contribution in [0.4, 0.5) is 15.8 Å². The summed E-state index contributed by atoms with van der Waals surface area (Å²) in [6.07, 6.45) is 0. The summed E-state index contributed by atoms with van der Waals surface area (Å²) in [5, 5.41) is 5.76. The lowest BCUT2D eigenvalue weighted by atomic mass is 10.1. The number of anilines is 2. The largest absolute Gasteiger partial charge is 0.454 e. The highest BCUT2D eigenvalue weighted by atomic mass is 19.1. The van der Waals surface area contributed by atoms with E-state index in [4.69, 9.17) is 13.9 Å². The van der Waals surface area contributed by atoms with Crippen molar-refractivity contribution in [1.29, 1.82) is 0 Å². The highest BCUT2D eigenvalue weighted by Crippen LogP contribution is 2.34. The lowest BCUT2D eigenvalue weighted by Crippen LogP contribution is -2.17. The standard InChI is InChI=1S/C23H15FN2O5/c24-15-6-2-3-7-16(15)25-23(28)21-20(14-5-1-4-8-17(14)31-21)26-22(27)13-9-10-18-19(11-13)30-12-29-18/h1-11H,12H2,(H,25,28)(H,26,27). The van der Waals surface area contributed by atoms with E-state index in [1.54, 1.807) is 48.5 Å². The van der Waals surface area contributed by atoms with Crippen LogP contribution in [0.15, 0.2) is 71.1 Å². The van der Waals surface area contributed by atoms with E-state index in [0.29, 0.717) is 28.0 Å². The molecule has 0 spiro atoms. The molecule has 0 saturated carbocycles. The fraction of sp³-hybridized carbons (Fsp3) is 0.0435. The molecule has 0 radical (unpaired) electrons. The summed E-state index contributed by atoms with van der Waals surface area (Å²) in [5.74, 6) is -0.874. The molecule has 1 aliphatic rings. The molecule has 2 N–H and O–H groups in total. The molecular weight excluding hydrogens is 403 g/mol. The summed E-state index contributed by atoms with van der Waals surface area (Å²) in [5.41, 5.74) is 0.908. The van der Waals surface area contributed by atoms with Crippen molar-refractivity contribution in [3.63, 3.8) is 0 Å². The Morgan fingerprint density at radius 3 is 2.48 bits per heavy atom. The van der Waals surface area contributed by atoms with Crippen molar-refractivity contribution in [2.24, 2.45) is 0 Å². The molecule has 8 heteroatoms. The number of hydrogen-bond acceptors (Lipinski definition) is 5. The molecule has 0 unspecified atom stereocenters. The van der Waals surface area contributed by atoms with Crippen molar-refractivity contribution in [2.45, 2.75) is 0 Å². The van der Waals surface area contributed by atoms with Crippen molar-refractivity contribution in [3.05, 3.63) is 83.9 Å². The van der Waals surface area contributed by atoms with E-state index in [-0.39, 0.29) is 23.9 Å². The fourth-order valence-corrected chi connectivity index (χ4v) is 3.29. The van der Waals surface area contributed by atoms with E-state index in [1.165, 1.54) is 18.2 Å². The van der Waals surface area contributed by atoms with Crippen LogP contribution in [0.1, 0.15) is 20.9 Å². The molecule has 0 fully saturated rings. The second-order valence-electron chi connectivity index (χ2n) is 6.76. The Balaban J connectivity index is 1.49. The normalized spacial score (nSPS) is 12.0. The maximum Gasteiger partial charge on any atom is 0.293 e. The Kier molecular flexibility index (Phi) is 4.51. The summed E-state index contributed by atoms with van der Waals surface area (Å²) >= 11 is 0. The number of para-hydroxylation sites is 2. The van der Waals surface area contributed by atoms with Crippen LogP contribution in [0.2, 0.25) is 0 Å². The Bertz CT molecular complexity index is 1330. The molecule has 0 bridgehead atoms. The van der Waals surface area contributed by atoms with Gasteiger partial charge in [-0.1, -0.05) is 24.3 Å². The van der Waals surface area contributed by atoms with Gasteiger partial charge in [-0.05, 0) is 42.5 Å². The minimum absolute atomic E-state index is 0.000929. The van der Waals surface area contributed by atoms with Crippen LogP contribution in [0.5, 0.6) is 11.5 Å². The van der Waals surface area contributed by atoms with Crippen molar-refractivity contribution in [1.82, 2.24) is 0 Å². The van der Waals surface area contributed by atoms with Crippen LogP contribution < -0.4 is 20.1 Å². The number of nitrogens with one attached hydrogen (secondary N) is 2. The van der Waals surface area contributed by atoms with Crippen LogP contribution >= 0.6 is 0 Å². The molecule has 1 aromatic heterocycles. The molecule has 31 heavy (non-hydrogen) atoms. The zero-order chi connectivity index (χ0) is 21.4. The van der Waals surface area contributed by atoms with Crippen LogP contribution in [0, 0.1) is 5.82 Å². The molecule has 154 valence electrons. The third kappa shape index (κ3) is 3.44. The van der Waals surface area contributed by atoms with Gasteiger partial charge < -0.3 is 24.5 Å². The lowest BCUT2D eigenvalue weighted by Gasteiger charge is -2.08. The Morgan fingerprint density at radius 1 is 0.839 bits per heavy atom. The first-order valence-corrected chi connectivity index (χ1v) is 9.38. The molecule has 7 nitrogen and oxygen atoms in total. The number of carbonyl (C=O) groups is 2. The van der Waals surface area contributed by atoms with Gasteiger partial charge in [-0.3, -0.25) is 9.59 Å². The first kappa shape index (κ1) is 18.7. The van der Waals surface area contributed by atoms with Gasteiger partial charge in [0.05, 0.1) is 5.69 Å². The number of ether oxygens (including phenoxy) is 2. The van der Waals surface area contributed by atoms with Crippen LogP contribution in [0.3, 0.4) is 0 Å². The number of amides is 2. The van der Waals surface area contributed by atoms with Crippen molar-refractivity contribution in [3.8, 4) is 11.5 Å². The SMILES string of the molecule is O=C(Nc1c(C(=O)Nc2ccccc2F)oc2ccccc12)c1ccc2c(c1)OCO2. The highest BCUT2D eigenvalue weighted by molar-refractivity contribution is 6.17. The Morgan fingerprint density at radius 2 is 1.61 bits per heavy atom. The Labute approximate surface area is 175 Å². The third-order valence-electron chi connectivity index (χ3n) is 4.80. The van der Waals surface area contributed by atoms with Crippen LogP contribution in [0.25, 0.3) is 11.0 Å². The average molecular weight is 418 g/mol. The van der Waals surface area contributed by atoms with Gasteiger partial charge in [0.2, 0.25) is 12.6 Å². The number of halogens is 1. The average Bonchev–Trinajstić information content (AvgIpc) is 3.39. The summed E-state index contributed by atoms with van der Waals surface area (Å²) in [7, 11) is 0. The molecule has 0 atom stereocenters. The smallest absolute Gasteiger partial charge is 0.293 e. The maximum atomic E-state index is 14.0. The Hall–Kier alpha value is -4.33. The van der Waals surface area contributed by atoms with Gasteiger partial charge >= 0.3 is 0 Å². The van der Waals surface area contributed by atoms with Crippen LogP contribution in [-0.2, 0) is 0 Å². The van der Waals surface area contributed by atoms with E-state index >= 15 is 0 Å². The van der Waals surface area contributed by atoms with Gasteiger partial charge in [0.25, 0.3) is 11.8 Å². The predicted molar refractivity (Wildman–Crippen MR) is 111 cm³/mol. The molecule has 3 aromatic carbocycles. The zero-order valence-corrected chi connectivity index (χ0v) is 16.0. The monoisotopic (exact) mass is 418 g/mol. The molecule has 0 aliphatic carbocycles. The van der Waals surface area contributed by atoms with Crippen LogP contribution in [-0.4, -0.2) is 18.6 Å². The number of furan rings is 1. The van der Waals surface area contributed by atoms with Crippen molar-refractivity contribution in [2.75, 3.05) is 17.4 Å². The molecule has 2 amide bonds. The second kappa shape index (κ2) is 7.49. The summed E-state index contributed by atoms with van der Waals surface area (Å²) in [6, 6.07) is 17.4. The fourth-order valence-electron chi connectivity index (χ4n) is 3.29. The minimum Gasteiger partial charge on any atom is -0.454 e. The van der Waals surface area contributed by atoms with E-state index < -0.39 is 17.6 Å². The maximum absolute atomic E-state index is 14.0. The molecular formula is C23H15FN2O5. The zero-order valence-electron chi connectivity index (χ0n) is 16.0. The summed E-state index contributed by atoms with van der Waals surface area (Å²) < 4.78 is 30.2. The highest BCUT2D eigenvalue weighted by Gasteiger charge is 2.24. The van der Waals surface area contributed by atoms with Crippen molar-refractivity contribution >= 4 is 34.2 Å². The van der Waals surface area contributed by atoms with E-state index in [0.717, 1.165) is 0 Å². The van der Waals surface area contributed by atoms with E-state index in [9.17, 15) is 14.0 Å². The number of rotatable bonds is 4. The number of carbonyl (C=O) groups excluding carboxylic acids is 2. The molecule has 2 heterocycles. The number of benzene rings is 3. The quantitative estimate of drug-likeness (QED) is 0.497.